The van der Waals surface area contributed by atoms with Crippen molar-refractivity contribution in [2.45, 2.75) is 0 Å². The van der Waals surface area contributed by atoms with E-state index in [0.29, 0.717) is 11.3 Å². The number of nitrogens with two attached hydrogens (primary N) is 1. The average molecular weight is 278 g/mol. The second kappa shape index (κ2) is 4.58. The predicted molar refractivity (Wildman–Crippen MR) is 72.7 cm³/mol. The molecule has 0 unspecified atom stereocenters. The van der Waals surface area contributed by atoms with E-state index in [1.807, 2.05) is 12.1 Å². The van der Waals surface area contributed by atoms with E-state index in [2.05, 4.69) is 9.97 Å². The van der Waals surface area contributed by atoms with Crippen molar-refractivity contribution in [3.63, 3.8) is 0 Å². The van der Waals surface area contributed by atoms with Crippen LogP contribution < -0.4 is 5.73 Å². The van der Waals surface area contributed by atoms with Crippen LogP contribution in [0, 0.1) is 28.5 Å². The number of hydrogen-bond acceptors (Lipinski definition) is 5. The molecule has 0 atom stereocenters. The van der Waals surface area contributed by atoms with E-state index in [0.717, 1.165) is 0 Å². The smallest absolute Gasteiger partial charge is 0.168 e. The van der Waals surface area contributed by atoms with Crippen LogP contribution in [-0.2, 0) is 0 Å². The van der Waals surface area contributed by atoms with Gasteiger partial charge in [0.1, 0.15) is 46.7 Å². The van der Waals surface area contributed by atoms with Gasteiger partial charge in [-0.2, -0.15) is 10.5 Å². The fourth-order valence-electron chi connectivity index (χ4n) is 2.05. The molecule has 0 fully saturated rings. The van der Waals surface area contributed by atoms with Gasteiger partial charge in [0.2, 0.25) is 0 Å². The Kier molecular flexibility index (Phi) is 2.74. The molecule has 2 N–H and O–H groups in total. The normalized spacial score (nSPS) is 10.2. The Morgan fingerprint density at radius 1 is 1.10 bits per heavy atom. The molecule has 2 aromatic heterocycles. The molecule has 0 aliphatic rings. The first-order valence-corrected chi connectivity index (χ1v) is 5.88. The van der Waals surface area contributed by atoms with Gasteiger partial charge >= 0.3 is 0 Å². The molecule has 1 aromatic carbocycles. The van der Waals surface area contributed by atoms with Gasteiger partial charge < -0.3 is 5.73 Å². The summed E-state index contributed by atoms with van der Waals surface area (Å²) in [5.74, 6) is -0.398. The number of pyridine rings is 1. The molecule has 0 amide bonds. The van der Waals surface area contributed by atoms with Gasteiger partial charge in [-0.25, -0.2) is 14.4 Å². The Hall–Kier alpha value is -3.45. The number of rotatable bonds is 1. The molecule has 7 heteroatoms. The summed E-state index contributed by atoms with van der Waals surface area (Å²) < 4.78 is 14.6. The quantitative estimate of drug-likeness (QED) is 0.731. The largest absolute Gasteiger partial charge is 0.382 e. The third-order valence-electron chi connectivity index (χ3n) is 3.04. The maximum absolute atomic E-state index is 13.0. The van der Waals surface area contributed by atoms with Crippen molar-refractivity contribution < 1.29 is 4.39 Å². The van der Waals surface area contributed by atoms with Crippen molar-refractivity contribution in [3.05, 3.63) is 47.5 Å². The maximum atomic E-state index is 13.0. The van der Waals surface area contributed by atoms with Crippen LogP contribution in [-0.4, -0.2) is 14.5 Å². The number of nitriles is 2. The van der Waals surface area contributed by atoms with Gasteiger partial charge in [-0.1, -0.05) is 0 Å². The molecule has 3 rings (SSSR count). The second-order valence-electron chi connectivity index (χ2n) is 4.23. The molecule has 0 radical (unpaired) electrons. The molecule has 0 spiro atoms. The molecular weight excluding hydrogens is 271 g/mol. The molecular formula is C14H7FN6. The summed E-state index contributed by atoms with van der Waals surface area (Å²) in [6, 6.07) is 9.50. The fraction of sp³-hybridized carbons (Fsp3) is 0. The highest BCUT2D eigenvalue weighted by atomic mass is 19.1. The lowest BCUT2D eigenvalue weighted by Crippen LogP contribution is -2.02. The summed E-state index contributed by atoms with van der Waals surface area (Å²) in [5, 5.41) is 18.3. The van der Waals surface area contributed by atoms with Crippen molar-refractivity contribution in [2.75, 3.05) is 5.73 Å². The Labute approximate surface area is 118 Å². The zero-order chi connectivity index (χ0) is 15.0. The molecule has 0 saturated heterocycles. The van der Waals surface area contributed by atoms with Crippen molar-refractivity contribution in [1.82, 2.24) is 14.5 Å². The average Bonchev–Trinajstić information content (AvgIpc) is 2.90. The highest BCUT2D eigenvalue weighted by Crippen LogP contribution is 2.25. The molecule has 0 saturated carbocycles. The van der Waals surface area contributed by atoms with Gasteiger partial charge in [0, 0.05) is 5.69 Å². The summed E-state index contributed by atoms with van der Waals surface area (Å²) in [6.45, 7) is 0. The van der Waals surface area contributed by atoms with Crippen LogP contribution in [0.3, 0.4) is 0 Å². The van der Waals surface area contributed by atoms with Gasteiger partial charge in [0.05, 0.1) is 0 Å². The minimum absolute atomic E-state index is 0.00866. The van der Waals surface area contributed by atoms with Crippen LogP contribution in [0.2, 0.25) is 0 Å². The van der Waals surface area contributed by atoms with E-state index in [-0.39, 0.29) is 28.3 Å². The lowest BCUT2D eigenvalue weighted by Gasteiger charge is -2.05. The maximum Gasteiger partial charge on any atom is 0.168 e. The third kappa shape index (κ3) is 1.85. The Morgan fingerprint density at radius 2 is 1.76 bits per heavy atom. The predicted octanol–water partition coefficient (Wildman–Crippen LogP) is 1.89. The first-order valence-electron chi connectivity index (χ1n) is 5.88. The number of nitrogen functional groups attached to an aromatic ring is 1. The highest BCUT2D eigenvalue weighted by molar-refractivity contribution is 5.85. The van der Waals surface area contributed by atoms with E-state index in [4.69, 9.17) is 11.0 Å². The number of imidazole rings is 1. The minimum atomic E-state index is -0.361. The first kappa shape index (κ1) is 12.6. The fourth-order valence-corrected chi connectivity index (χ4v) is 2.05. The van der Waals surface area contributed by atoms with Gasteiger partial charge in [-0.05, 0) is 24.3 Å². The zero-order valence-corrected chi connectivity index (χ0v) is 10.6. The van der Waals surface area contributed by atoms with Crippen LogP contribution in [0.5, 0.6) is 0 Å². The first-order chi connectivity index (χ1) is 10.2. The second-order valence-corrected chi connectivity index (χ2v) is 4.23. The standard InChI is InChI=1S/C14H7FN6/c15-8-1-3-9(4-2-8)21-7-19-12-10(5-16)11(6-17)13(18)20-14(12)21/h1-4,7H,(H2,18,20). The summed E-state index contributed by atoms with van der Waals surface area (Å²) in [7, 11) is 0. The number of halogens is 1. The topological polar surface area (TPSA) is 104 Å². The molecule has 6 nitrogen and oxygen atoms in total. The highest BCUT2D eigenvalue weighted by Gasteiger charge is 2.17. The summed E-state index contributed by atoms with van der Waals surface area (Å²) in [4.78, 5) is 8.24. The molecule has 3 aromatic rings. The summed E-state index contributed by atoms with van der Waals surface area (Å²) in [6.07, 6.45) is 1.45. The summed E-state index contributed by atoms with van der Waals surface area (Å²) >= 11 is 0. The Balaban J connectivity index is 2.34. The van der Waals surface area contributed by atoms with Crippen molar-refractivity contribution >= 4 is 17.0 Å². The number of fused-ring (bicyclic) bond motifs is 1. The van der Waals surface area contributed by atoms with Crippen LogP contribution in [0.1, 0.15) is 11.1 Å². The van der Waals surface area contributed by atoms with Crippen molar-refractivity contribution in [2.24, 2.45) is 0 Å². The number of benzene rings is 1. The SMILES string of the molecule is N#Cc1c(N)nc2c(ncn2-c2ccc(F)cc2)c1C#N. The van der Waals surface area contributed by atoms with Crippen molar-refractivity contribution in [3.8, 4) is 17.8 Å². The van der Waals surface area contributed by atoms with E-state index in [9.17, 15) is 9.65 Å². The Bertz CT molecular complexity index is 927. The van der Waals surface area contributed by atoms with Gasteiger partial charge in [-0.3, -0.25) is 4.57 Å². The van der Waals surface area contributed by atoms with Crippen molar-refractivity contribution in [1.29, 1.82) is 10.5 Å². The number of anilines is 1. The minimum Gasteiger partial charge on any atom is -0.382 e. The molecule has 0 aliphatic heterocycles. The molecule has 21 heavy (non-hydrogen) atoms. The molecule has 0 aliphatic carbocycles. The number of hydrogen-bond donors (Lipinski definition) is 1. The molecule has 0 bridgehead atoms. The lowest BCUT2D eigenvalue weighted by molar-refractivity contribution is 0.627. The zero-order valence-electron chi connectivity index (χ0n) is 10.6. The monoisotopic (exact) mass is 278 g/mol. The number of nitrogens with zero attached hydrogens (tertiary/aromatic N) is 5. The van der Waals surface area contributed by atoms with Crippen LogP contribution in [0.4, 0.5) is 10.2 Å². The van der Waals surface area contributed by atoms with Gasteiger partial charge in [0.25, 0.3) is 0 Å². The van der Waals surface area contributed by atoms with Gasteiger partial charge in [0.15, 0.2) is 5.65 Å². The van der Waals surface area contributed by atoms with E-state index in [1.54, 1.807) is 16.7 Å². The van der Waals surface area contributed by atoms with E-state index < -0.39 is 0 Å². The molecule has 2 heterocycles. The van der Waals surface area contributed by atoms with Crippen LogP contribution >= 0.6 is 0 Å². The van der Waals surface area contributed by atoms with E-state index in [1.165, 1.54) is 18.5 Å². The lowest BCUT2D eigenvalue weighted by atomic mass is 10.1. The number of aromatic nitrogens is 3. The summed E-state index contributed by atoms with van der Waals surface area (Å²) in [5.41, 5.74) is 7.06. The van der Waals surface area contributed by atoms with Crippen LogP contribution in [0.25, 0.3) is 16.9 Å². The van der Waals surface area contributed by atoms with E-state index >= 15 is 0 Å². The molecule has 100 valence electrons. The Morgan fingerprint density at radius 3 is 2.38 bits per heavy atom. The third-order valence-corrected chi connectivity index (χ3v) is 3.04. The van der Waals surface area contributed by atoms with Crippen LogP contribution in [0.15, 0.2) is 30.6 Å². The van der Waals surface area contributed by atoms with Gasteiger partial charge in [-0.15, -0.1) is 0 Å².